The molecule has 0 aromatic heterocycles. The van der Waals surface area contributed by atoms with Crippen LogP contribution in [0.4, 0.5) is 4.39 Å². The number of carbonyl (C=O) groups is 1. The van der Waals surface area contributed by atoms with Gasteiger partial charge in [-0.15, -0.1) is 0 Å². The molecule has 0 bridgehead atoms. The topological polar surface area (TPSA) is 41.1 Å². The van der Waals surface area contributed by atoms with Crippen LogP contribution in [0.1, 0.15) is 43.9 Å². The highest BCUT2D eigenvalue weighted by Gasteiger charge is 2.10. The van der Waals surface area contributed by atoms with E-state index in [-0.39, 0.29) is 17.3 Å². The van der Waals surface area contributed by atoms with Crippen molar-refractivity contribution in [2.45, 2.75) is 53.1 Å². The molecule has 0 atom stereocenters. The van der Waals surface area contributed by atoms with Gasteiger partial charge in [0.2, 0.25) is 5.91 Å². The van der Waals surface area contributed by atoms with Gasteiger partial charge in [0.25, 0.3) is 0 Å². The smallest absolute Gasteiger partial charge is 0.221 e. The average molecular weight is 280 g/mol. The lowest BCUT2D eigenvalue weighted by Gasteiger charge is -2.20. The maximum Gasteiger partial charge on any atom is 0.221 e. The Hall–Kier alpha value is -1.42. The van der Waals surface area contributed by atoms with Gasteiger partial charge in [-0.3, -0.25) is 4.79 Å². The van der Waals surface area contributed by atoms with E-state index in [0.29, 0.717) is 30.6 Å². The van der Waals surface area contributed by atoms with E-state index in [4.69, 9.17) is 0 Å². The summed E-state index contributed by atoms with van der Waals surface area (Å²) in [4.78, 5) is 11.7. The Labute approximate surface area is 121 Å². The second-order valence-electron chi connectivity index (χ2n) is 6.25. The lowest BCUT2D eigenvalue weighted by atomic mass is 10.1. The maximum absolute atomic E-state index is 13.5. The van der Waals surface area contributed by atoms with Gasteiger partial charge in [-0.05, 0) is 51.3 Å². The summed E-state index contributed by atoms with van der Waals surface area (Å²) in [6.07, 6.45) is 0.441. The average Bonchev–Trinajstić information content (AvgIpc) is 2.31. The molecule has 0 heterocycles. The standard InChI is InChI=1S/C16H25FN2O/c1-11-8-13(9-12(2)15(11)17)10-18-14(20)6-7-19-16(3,4)5/h8-9,19H,6-7,10H2,1-5H3,(H,18,20). The maximum atomic E-state index is 13.5. The second-order valence-corrected chi connectivity index (χ2v) is 6.25. The minimum absolute atomic E-state index is 0.00128. The molecule has 2 N–H and O–H groups in total. The number of hydrogen-bond donors (Lipinski definition) is 2. The highest BCUT2D eigenvalue weighted by molar-refractivity contribution is 5.76. The Kier molecular flexibility index (Phi) is 5.69. The fraction of sp³-hybridized carbons (Fsp3) is 0.562. The van der Waals surface area contributed by atoms with Crippen molar-refractivity contribution in [1.29, 1.82) is 0 Å². The zero-order chi connectivity index (χ0) is 15.3. The van der Waals surface area contributed by atoms with Crippen molar-refractivity contribution in [1.82, 2.24) is 10.6 Å². The summed E-state index contributed by atoms with van der Waals surface area (Å²) in [5.74, 6) is -0.171. The fourth-order valence-corrected chi connectivity index (χ4v) is 1.98. The van der Waals surface area contributed by atoms with E-state index in [2.05, 4.69) is 31.4 Å². The largest absolute Gasteiger partial charge is 0.352 e. The van der Waals surface area contributed by atoms with Gasteiger partial charge < -0.3 is 10.6 Å². The van der Waals surface area contributed by atoms with Crippen molar-refractivity contribution in [2.75, 3.05) is 6.54 Å². The highest BCUT2D eigenvalue weighted by atomic mass is 19.1. The SMILES string of the molecule is Cc1cc(CNC(=O)CCNC(C)(C)C)cc(C)c1F. The molecule has 0 aliphatic rings. The summed E-state index contributed by atoms with van der Waals surface area (Å²) in [7, 11) is 0. The van der Waals surface area contributed by atoms with E-state index in [9.17, 15) is 9.18 Å². The first-order valence-electron chi connectivity index (χ1n) is 6.96. The molecule has 20 heavy (non-hydrogen) atoms. The van der Waals surface area contributed by atoms with E-state index in [1.165, 1.54) is 0 Å². The van der Waals surface area contributed by atoms with Gasteiger partial charge in [0, 0.05) is 25.0 Å². The van der Waals surface area contributed by atoms with Crippen LogP contribution in [-0.2, 0) is 11.3 Å². The zero-order valence-corrected chi connectivity index (χ0v) is 13.1. The first-order chi connectivity index (χ1) is 9.19. The number of halogens is 1. The molecule has 0 fully saturated rings. The molecule has 1 aromatic rings. The monoisotopic (exact) mass is 280 g/mol. The van der Waals surface area contributed by atoms with Crippen LogP contribution in [0, 0.1) is 19.7 Å². The van der Waals surface area contributed by atoms with Crippen LogP contribution < -0.4 is 10.6 Å². The summed E-state index contributed by atoms with van der Waals surface area (Å²) in [5.41, 5.74) is 2.18. The van der Waals surface area contributed by atoms with Gasteiger partial charge >= 0.3 is 0 Å². The van der Waals surface area contributed by atoms with Crippen molar-refractivity contribution in [2.24, 2.45) is 0 Å². The van der Waals surface area contributed by atoms with Crippen LogP contribution >= 0.6 is 0 Å². The predicted octanol–water partition coefficient (Wildman–Crippen LogP) is 2.84. The molecule has 112 valence electrons. The molecule has 0 aliphatic heterocycles. The molecule has 0 saturated heterocycles. The van der Waals surface area contributed by atoms with Gasteiger partial charge in [-0.2, -0.15) is 0 Å². The number of benzene rings is 1. The molecule has 0 radical (unpaired) electrons. The van der Waals surface area contributed by atoms with Crippen molar-refractivity contribution in [3.05, 3.63) is 34.6 Å². The third kappa shape index (κ3) is 5.70. The van der Waals surface area contributed by atoms with E-state index in [1.807, 2.05) is 0 Å². The molecule has 0 aliphatic carbocycles. The summed E-state index contributed by atoms with van der Waals surface area (Å²) in [6, 6.07) is 3.55. The number of rotatable bonds is 5. The second kappa shape index (κ2) is 6.84. The van der Waals surface area contributed by atoms with Crippen LogP contribution in [0.15, 0.2) is 12.1 Å². The number of nitrogens with one attached hydrogen (secondary N) is 2. The van der Waals surface area contributed by atoms with Crippen molar-refractivity contribution in [3.63, 3.8) is 0 Å². The fourth-order valence-electron chi connectivity index (χ4n) is 1.98. The van der Waals surface area contributed by atoms with Crippen molar-refractivity contribution >= 4 is 5.91 Å². The summed E-state index contributed by atoms with van der Waals surface area (Å²) in [5, 5.41) is 6.12. The Balaban J connectivity index is 2.42. The molecule has 3 nitrogen and oxygen atoms in total. The highest BCUT2D eigenvalue weighted by Crippen LogP contribution is 2.14. The van der Waals surface area contributed by atoms with Gasteiger partial charge in [-0.1, -0.05) is 12.1 Å². The Morgan fingerprint density at radius 3 is 2.25 bits per heavy atom. The zero-order valence-electron chi connectivity index (χ0n) is 13.1. The van der Waals surface area contributed by atoms with Crippen molar-refractivity contribution < 1.29 is 9.18 Å². The number of amides is 1. The first kappa shape index (κ1) is 16.6. The van der Waals surface area contributed by atoms with Gasteiger partial charge in [0.05, 0.1) is 0 Å². The lowest BCUT2D eigenvalue weighted by Crippen LogP contribution is -2.38. The molecule has 0 unspecified atom stereocenters. The van der Waals surface area contributed by atoms with Crippen LogP contribution in [0.3, 0.4) is 0 Å². The van der Waals surface area contributed by atoms with Crippen LogP contribution in [0.5, 0.6) is 0 Å². The third-order valence-electron chi connectivity index (χ3n) is 2.99. The normalized spacial score (nSPS) is 11.5. The molecular formula is C16H25FN2O. The van der Waals surface area contributed by atoms with E-state index in [1.54, 1.807) is 26.0 Å². The molecule has 0 saturated carbocycles. The number of carbonyl (C=O) groups excluding carboxylic acids is 1. The molecule has 1 amide bonds. The molecule has 1 rings (SSSR count). The number of aryl methyl sites for hydroxylation is 2. The van der Waals surface area contributed by atoms with E-state index >= 15 is 0 Å². The third-order valence-corrected chi connectivity index (χ3v) is 2.99. The molecule has 1 aromatic carbocycles. The van der Waals surface area contributed by atoms with Crippen molar-refractivity contribution in [3.8, 4) is 0 Å². The Morgan fingerprint density at radius 2 is 1.75 bits per heavy atom. The van der Waals surface area contributed by atoms with Gasteiger partial charge in [0.15, 0.2) is 0 Å². The van der Waals surface area contributed by atoms with Gasteiger partial charge in [-0.25, -0.2) is 4.39 Å². The van der Waals surface area contributed by atoms with Crippen LogP contribution in [0.2, 0.25) is 0 Å². The summed E-state index contributed by atoms with van der Waals surface area (Å²) in [6.45, 7) is 10.8. The Bertz CT molecular complexity index is 455. The Morgan fingerprint density at radius 1 is 1.20 bits per heavy atom. The number of hydrogen-bond acceptors (Lipinski definition) is 2. The quantitative estimate of drug-likeness (QED) is 0.871. The minimum Gasteiger partial charge on any atom is -0.352 e. The van der Waals surface area contributed by atoms with Gasteiger partial charge in [0.1, 0.15) is 5.82 Å². The van der Waals surface area contributed by atoms with Crippen LogP contribution in [-0.4, -0.2) is 18.0 Å². The van der Waals surface area contributed by atoms with Crippen LogP contribution in [0.25, 0.3) is 0 Å². The molecular weight excluding hydrogens is 255 g/mol. The first-order valence-corrected chi connectivity index (χ1v) is 6.96. The van der Waals surface area contributed by atoms with E-state index < -0.39 is 0 Å². The predicted molar refractivity (Wildman–Crippen MR) is 80.1 cm³/mol. The summed E-state index contributed by atoms with van der Waals surface area (Å²) >= 11 is 0. The summed E-state index contributed by atoms with van der Waals surface area (Å²) < 4.78 is 13.5. The van der Waals surface area contributed by atoms with E-state index in [0.717, 1.165) is 5.56 Å². The minimum atomic E-state index is -0.172. The lowest BCUT2D eigenvalue weighted by molar-refractivity contribution is -0.121. The molecule has 0 spiro atoms. The molecule has 4 heteroatoms.